The molecule has 0 saturated carbocycles. The van der Waals surface area contributed by atoms with Gasteiger partial charge in [-0.3, -0.25) is 4.98 Å². The van der Waals surface area contributed by atoms with Crippen LogP contribution in [0.1, 0.15) is 37.7 Å². The summed E-state index contributed by atoms with van der Waals surface area (Å²) in [5, 5.41) is 0. The maximum atomic E-state index is 6.00. The van der Waals surface area contributed by atoms with E-state index in [4.69, 9.17) is 17.5 Å². The van der Waals surface area contributed by atoms with E-state index in [1.54, 1.807) is 6.20 Å². The molecule has 2 aliphatic rings. The quantitative estimate of drug-likeness (QED) is 0.444. The topological polar surface area (TPSA) is 37.8 Å². The number of hydrogen-bond acceptors (Lipinski definition) is 5. The summed E-state index contributed by atoms with van der Waals surface area (Å²) in [6.07, 6.45) is 9.56. The Morgan fingerprint density at radius 3 is 2.83 bits per heavy atom. The lowest BCUT2D eigenvalue weighted by atomic mass is 10.0. The molecule has 3 heterocycles. The second-order valence-electron chi connectivity index (χ2n) is 8.50. The summed E-state index contributed by atoms with van der Waals surface area (Å²) < 4.78 is 11.8. The summed E-state index contributed by atoms with van der Waals surface area (Å²) in [6.45, 7) is 5.30. The van der Waals surface area contributed by atoms with Crippen LogP contribution in [0.2, 0.25) is 0 Å². The highest BCUT2D eigenvalue weighted by atomic mass is 16.5. The SMILES string of the molecule is [B]N1CCC[C@H]1COc1cncc(N2CC[C@H](CCCOCc3ccccc3)C2)c1. The van der Waals surface area contributed by atoms with Gasteiger partial charge in [-0.15, -0.1) is 0 Å². The van der Waals surface area contributed by atoms with Crippen molar-refractivity contribution in [1.82, 2.24) is 9.79 Å². The fourth-order valence-electron chi connectivity index (χ4n) is 4.43. The van der Waals surface area contributed by atoms with Crippen LogP contribution in [0.15, 0.2) is 48.8 Å². The minimum Gasteiger partial charge on any atom is -0.490 e. The Hall–Kier alpha value is -2.05. The first-order valence-corrected chi connectivity index (χ1v) is 11.2. The number of ether oxygens (including phenoxy) is 2. The summed E-state index contributed by atoms with van der Waals surface area (Å²) in [5.74, 6) is 1.56. The Bertz CT molecular complexity index is 776. The molecule has 0 spiro atoms. The molecular formula is C24H32BN3O2. The second kappa shape index (κ2) is 10.8. The number of anilines is 1. The van der Waals surface area contributed by atoms with Gasteiger partial charge in [0.25, 0.3) is 0 Å². The molecule has 0 bridgehead atoms. The van der Waals surface area contributed by atoms with E-state index in [-0.39, 0.29) is 0 Å². The number of pyridine rings is 1. The van der Waals surface area contributed by atoms with Crippen LogP contribution < -0.4 is 9.64 Å². The molecule has 158 valence electrons. The van der Waals surface area contributed by atoms with Crippen LogP contribution in [0.5, 0.6) is 5.75 Å². The summed E-state index contributed by atoms with van der Waals surface area (Å²) >= 11 is 0. The third kappa shape index (κ3) is 5.99. The van der Waals surface area contributed by atoms with Crippen molar-refractivity contribution in [2.45, 2.75) is 44.8 Å². The Kier molecular flexibility index (Phi) is 7.65. The molecule has 2 saturated heterocycles. The Labute approximate surface area is 181 Å². The molecule has 2 fully saturated rings. The van der Waals surface area contributed by atoms with Gasteiger partial charge in [-0.25, -0.2) is 0 Å². The van der Waals surface area contributed by atoms with Crippen molar-refractivity contribution in [3.8, 4) is 5.75 Å². The van der Waals surface area contributed by atoms with E-state index >= 15 is 0 Å². The molecule has 5 nitrogen and oxygen atoms in total. The minimum absolute atomic E-state index is 0.314. The predicted octanol–water partition coefficient (Wildman–Crippen LogP) is 3.83. The molecule has 0 amide bonds. The van der Waals surface area contributed by atoms with E-state index in [1.807, 2.05) is 17.1 Å². The molecule has 1 aromatic heterocycles. The van der Waals surface area contributed by atoms with Gasteiger partial charge in [-0.1, -0.05) is 30.3 Å². The van der Waals surface area contributed by atoms with E-state index in [1.165, 1.54) is 18.4 Å². The molecule has 1 aromatic carbocycles. The third-order valence-corrected chi connectivity index (χ3v) is 6.23. The molecule has 30 heavy (non-hydrogen) atoms. The first kappa shape index (κ1) is 21.2. The number of aromatic nitrogens is 1. The van der Waals surface area contributed by atoms with Crippen molar-refractivity contribution < 1.29 is 9.47 Å². The predicted molar refractivity (Wildman–Crippen MR) is 121 cm³/mol. The van der Waals surface area contributed by atoms with Gasteiger partial charge in [0.2, 0.25) is 0 Å². The molecule has 0 unspecified atom stereocenters. The zero-order valence-electron chi connectivity index (χ0n) is 17.8. The van der Waals surface area contributed by atoms with Gasteiger partial charge in [0.1, 0.15) is 12.4 Å². The van der Waals surface area contributed by atoms with Crippen molar-refractivity contribution in [3.63, 3.8) is 0 Å². The van der Waals surface area contributed by atoms with E-state index in [0.29, 0.717) is 19.3 Å². The molecule has 2 aliphatic heterocycles. The van der Waals surface area contributed by atoms with Crippen molar-refractivity contribution >= 4 is 13.7 Å². The zero-order chi connectivity index (χ0) is 20.6. The summed E-state index contributed by atoms with van der Waals surface area (Å²) in [4.78, 5) is 8.73. The second-order valence-corrected chi connectivity index (χ2v) is 8.50. The fourth-order valence-corrected chi connectivity index (χ4v) is 4.43. The smallest absolute Gasteiger partial charge is 0.183 e. The van der Waals surface area contributed by atoms with Crippen molar-refractivity contribution in [2.75, 3.05) is 37.7 Å². The van der Waals surface area contributed by atoms with Crippen molar-refractivity contribution in [1.29, 1.82) is 0 Å². The van der Waals surface area contributed by atoms with Crippen LogP contribution in [0.4, 0.5) is 5.69 Å². The number of benzene rings is 1. The van der Waals surface area contributed by atoms with Gasteiger partial charge in [0.05, 0.1) is 24.7 Å². The lowest BCUT2D eigenvalue weighted by molar-refractivity contribution is 0.114. The van der Waals surface area contributed by atoms with Gasteiger partial charge >= 0.3 is 0 Å². The molecular weight excluding hydrogens is 373 g/mol. The number of hydrogen-bond donors (Lipinski definition) is 0. The van der Waals surface area contributed by atoms with E-state index in [2.05, 4.69) is 40.2 Å². The normalized spacial score (nSPS) is 21.9. The first-order valence-electron chi connectivity index (χ1n) is 11.2. The van der Waals surface area contributed by atoms with E-state index in [0.717, 1.165) is 62.9 Å². The van der Waals surface area contributed by atoms with Crippen LogP contribution >= 0.6 is 0 Å². The number of nitrogens with zero attached hydrogens (tertiary/aromatic N) is 3. The maximum Gasteiger partial charge on any atom is 0.183 e. The van der Waals surface area contributed by atoms with Gasteiger partial charge in [-0.2, -0.15) is 0 Å². The zero-order valence-corrected chi connectivity index (χ0v) is 17.8. The van der Waals surface area contributed by atoms with Gasteiger partial charge in [0.15, 0.2) is 7.98 Å². The van der Waals surface area contributed by atoms with E-state index < -0.39 is 0 Å². The highest BCUT2D eigenvalue weighted by Crippen LogP contribution is 2.28. The number of rotatable bonds is 10. The maximum absolute atomic E-state index is 6.00. The van der Waals surface area contributed by atoms with E-state index in [9.17, 15) is 0 Å². The first-order chi connectivity index (χ1) is 14.8. The Morgan fingerprint density at radius 1 is 1.10 bits per heavy atom. The lowest BCUT2D eigenvalue weighted by Gasteiger charge is -2.22. The van der Waals surface area contributed by atoms with Crippen LogP contribution in [0, 0.1) is 5.92 Å². The summed E-state index contributed by atoms with van der Waals surface area (Å²) in [5.41, 5.74) is 2.40. The monoisotopic (exact) mass is 405 g/mol. The van der Waals surface area contributed by atoms with Crippen LogP contribution in [-0.4, -0.2) is 56.7 Å². The molecule has 2 atom stereocenters. The Balaban J connectivity index is 1.17. The highest BCUT2D eigenvalue weighted by molar-refractivity contribution is 6.04. The van der Waals surface area contributed by atoms with Gasteiger partial charge < -0.3 is 19.2 Å². The molecule has 2 radical (unpaired) electrons. The minimum atomic E-state index is 0.314. The average Bonchev–Trinajstić information content (AvgIpc) is 3.42. The lowest BCUT2D eigenvalue weighted by Crippen LogP contribution is -2.31. The summed E-state index contributed by atoms with van der Waals surface area (Å²) in [7, 11) is 6.00. The average molecular weight is 405 g/mol. The highest BCUT2D eigenvalue weighted by Gasteiger charge is 2.24. The molecule has 2 aromatic rings. The van der Waals surface area contributed by atoms with Crippen molar-refractivity contribution in [3.05, 3.63) is 54.4 Å². The molecule has 0 N–H and O–H groups in total. The largest absolute Gasteiger partial charge is 0.490 e. The van der Waals surface area contributed by atoms with Gasteiger partial charge in [-0.05, 0) is 50.1 Å². The Morgan fingerprint density at radius 2 is 2.00 bits per heavy atom. The van der Waals surface area contributed by atoms with Gasteiger partial charge in [0, 0.05) is 31.8 Å². The van der Waals surface area contributed by atoms with Crippen LogP contribution in [0.3, 0.4) is 0 Å². The van der Waals surface area contributed by atoms with Crippen molar-refractivity contribution in [2.24, 2.45) is 5.92 Å². The van der Waals surface area contributed by atoms with Crippen LogP contribution in [0.25, 0.3) is 0 Å². The molecule has 0 aliphatic carbocycles. The van der Waals surface area contributed by atoms with Crippen LogP contribution in [-0.2, 0) is 11.3 Å². The fraction of sp³-hybridized carbons (Fsp3) is 0.542. The standard InChI is InChI=1S/C24H32BN3O2/c25-28-11-4-9-22(28)19-30-24-14-23(15-26-16-24)27-12-10-20(17-27)8-5-13-29-18-21-6-2-1-3-7-21/h1-3,6-7,14-16,20,22H,4-5,8-13,17-19H2/t20-,22-/m0/s1. The molecule has 6 heteroatoms. The summed E-state index contributed by atoms with van der Waals surface area (Å²) in [6, 6.07) is 12.8. The molecule has 4 rings (SSSR count). The third-order valence-electron chi connectivity index (χ3n) is 6.23.